The van der Waals surface area contributed by atoms with E-state index in [9.17, 15) is 14.0 Å². The summed E-state index contributed by atoms with van der Waals surface area (Å²) in [5.74, 6) is 0.0162. The van der Waals surface area contributed by atoms with Crippen molar-refractivity contribution in [2.75, 3.05) is 18.0 Å². The van der Waals surface area contributed by atoms with E-state index in [4.69, 9.17) is 11.6 Å². The maximum Gasteiger partial charge on any atom is 0.332 e. The predicted octanol–water partition coefficient (Wildman–Crippen LogP) is 2.43. The largest absolute Gasteiger partial charge is 0.342 e. The lowest BCUT2D eigenvalue weighted by molar-refractivity contribution is 0.599. The third-order valence-corrected chi connectivity index (χ3v) is 5.56. The molecule has 152 valence electrons. The first-order valence-corrected chi connectivity index (χ1v) is 9.77. The third kappa shape index (κ3) is 3.27. The van der Waals surface area contributed by atoms with Crippen molar-refractivity contribution in [1.82, 2.24) is 18.7 Å². The van der Waals surface area contributed by atoms with E-state index in [1.165, 1.54) is 17.7 Å². The number of halogens is 2. The van der Waals surface area contributed by atoms with Crippen molar-refractivity contribution in [1.29, 1.82) is 0 Å². The van der Waals surface area contributed by atoms with Gasteiger partial charge in [0, 0.05) is 32.7 Å². The number of hydrogen-bond donors (Lipinski definition) is 0. The maximum atomic E-state index is 14.6. The summed E-state index contributed by atoms with van der Waals surface area (Å²) in [6.45, 7) is 1.51. The van der Waals surface area contributed by atoms with E-state index >= 15 is 0 Å². The number of benzene rings is 1. The molecule has 0 aliphatic carbocycles. The van der Waals surface area contributed by atoms with Crippen LogP contribution in [-0.4, -0.2) is 31.8 Å². The molecule has 0 fully saturated rings. The van der Waals surface area contributed by atoms with Crippen LogP contribution in [0.15, 0.2) is 39.9 Å². The zero-order valence-corrected chi connectivity index (χ0v) is 17.0. The van der Waals surface area contributed by atoms with Crippen molar-refractivity contribution in [2.24, 2.45) is 14.1 Å². The summed E-state index contributed by atoms with van der Waals surface area (Å²) < 4.78 is 18.7. The molecular formula is C20H21ClFN5O2. The Hall–Kier alpha value is -2.87. The minimum atomic E-state index is -0.527. The summed E-state index contributed by atoms with van der Waals surface area (Å²) in [7, 11) is 3.01. The highest BCUT2D eigenvalue weighted by atomic mass is 35.5. The standard InChI is InChI=1S/C20H21ClFN5O2/c1-24-17-16(18(28)25(2)20(24)29)27(12-13-8-7-9-14(21)15(13)22)19(23-17)26-10-5-3-4-6-11-26/h3-4,7-9H,5-6,10-12H2,1-2H3. The summed E-state index contributed by atoms with van der Waals surface area (Å²) in [5, 5.41) is 0.0211. The molecule has 0 amide bonds. The fourth-order valence-corrected chi connectivity index (χ4v) is 3.87. The second-order valence-electron chi connectivity index (χ2n) is 7.12. The lowest BCUT2D eigenvalue weighted by atomic mass is 10.2. The number of rotatable bonds is 3. The Labute approximate surface area is 171 Å². The van der Waals surface area contributed by atoms with Gasteiger partial charge in [-0.3, -0.25) is 18.5 Å². The SMILES string of the molecule is Cn1c(=O)c2c(nc(N3CCC=CCC3)n2Cc2cccc(Cl)c2F)n(C)c1=O. The molecule has 2 aromatic heterocycles. The van der Waals surface area contributed by atoms with Crippen LogP contribution in [0.3, 0.4) is 0 Å². The number of anilines is 1. The quantitative estimate of drug-likeness (QED) is 0.614. The summed E-state index contributed by atoms with van der Waals surface area (Å²) >= 11 is 5.95. The van der Waals surface area contributed by atoms with Gasteiger partial charge in [-0.2, -0.15) is 4.98 Å². The molecule has 0 bridgehead atoms. The summed E-state index contributed by atoms with van der Waals surface area (Å²) in [6.07, 6.45) is 5.90. The van der Waals surface area contributed by atoms with E-state index in [1.54, 1.807) is 23.7 Å². The summed E-state index contributed by atoms with van der Waals surface area (Å²) in [4.78, 5) is 32.1. The molecule has 0 saturated carbocycles. The van der Waals surface area contributed by atoms with Crippen LogP contribution in [0, 0.1) is 5.82 Å². The van der Waals surface area contributed by atoms with Gasteiger partial charge in [-0.15, -0.1) is 0 Å². The molecule has 1 aliphatic rings. The molecular weight excluding hydrogens is 397 g/mol. The number of imidazole rings is 1. The highest BCUT2D eigenvalue weighted by Crippen LogP contribution is 2.25. The molecule has 4 rings (SSSR count). The van der Waals surface area contributed by atoms with Crippen molar-refractivity contribution >= 4 is 28.7 Å². The van der Waals surface area contributed by atoms with Crippen LogP contribution < -0.4 is 16.1 Å². The normalized spacial score (nSPS) is 14.6. The van der Waals surface area contributed by atoms with Gasteiger partial charge in [-0.1, -0.05) is 35.9 Å². The van der Waals surface area contributed by atoms with Gasteiger partial charge in [0.25, 0.3) is 5.56 Å². The molecule has 7 nitrogen and oxygen atoms in total. The van der Waals surface area contributed by atoms with Gasteiger partial charge in [0.05, 0.1) is 11.6 Å². The Bertz CT molecular complexity index is 1230. The summed E-state index contributed by atoms with van der Waals surface area (Å²) in [6, 6.07) is 4.78. The molecule has 0 atom stereocenters. The van der Waals surface area contributed by atoms with Gasteiger partial charge in [0.15, 0.2) is 11.2 Å². The lowest BCUT2D eigenvalue weighted by Gasteiger charge is -2.22. The molecule has 0 N–H and O–H groups in total. The van der Waals surface area contributed by atoms with Gasteiger partial charge < -0.3 is 4.90 Å². The van der Waals surface area contributed by atoms with E-state index in [2.05, 4.69) is 22.0 Å². The molecule has 3 aromatic rings. The highest BCUT2D eigenvalue weighted by Gasteiger charge is 2.24. The van der Waals surface area contributed by atoms with Crippen molar-refractivity contribution in [2.45, 2.75) is 19.4 Å². The topological polar surface area (TPSA) is 65.1 Å². The van der Waals surface area contributed by atoms with Gasteiger partial charge in [-0.25, -0.2) is 9.18 Å². The van der Waals surface area contributed by atoms with Crippen LogP contribution in [0.25, 0.3) is 11.2 Å². The van der Waals surface area contributed by atoms with Gasteiger partial charge in [-0.05, 0) is 18.9 Å². The van der Waals surface area contributed by atoms with E-state index in [-0.39, 0.29) is 22.7 Å². The Morgan fingerprint density at radius 3 is 2.48 bits per heavy atom. The van der Waals surface area contributed by atoms with Crippen molar-refractivity contribution in [3.8, 4) is 0 Å². The highest BCUT2D eigenvalue weighted by molar-refractivity contribution is 6.30. The minimum absolute atomic E-state index is 0.0211. The number of fused-ring (bicyclic) bond motifs is 1. The molecule has 0 unspecified atom stereocenters. The van der Waals surface area contributed by atoms with Gasteiger partial charge in [0.1, 0.15) is 5.82 Å². The second kappa shape index (κ2) is 7.51. The van der Waals surface area contributed by atoms with Gasteiger partial charge in [0.2, 0.25) is 5.95 Å². The van der Waals surface area contributed by atoms with E-state index in [0.717, 1.165) is 17.4 Å². The first-order valence-electron chi connectivity index (χ1n) is 9.39. The number of nitrogens with zero attached hydrogens (tertiary/aromatic N) is 5. The van der Waals surface area contributed by atoms with Gasteiger partial charge >= 0.3 is 5.69 Å². The van der Waals surface area contributed by atoms with Crippen LogP contribution in [-0.2, 0) is 20.6 Å². The number of hydrogen-bond acceptors (Lipinski definition) is 4. The zero-order chi connectivity index (χ0) is 20.7. The van der Waals surface area contributed by atoms with E-state index in [1.807, 2.05) is 0 Å². The molecule has 0 spiro atoms. The molecule has 3 heterocycles. The molecule has 29 heavy (non-hydrogen) atoms. The summed E-state index contributed by atoms with van der Waals surface area (Å²) in [5.41, 5.74) is -0.0155. The number of aromatic nitrogens is 4. The molecule has 1 aliphatic heterocycles. The van der Waals surface area contributed by atoms with Crippen molar-refractivity contribution in [3.63, 3.8) is 0 Å². The van der Waals surface area contributed by atoms with Crippen LogP contribution in [0.1, 0.15) is 18.4 Å². The van der Waals surface area contributed by atoms with E-state index in [0.29, 0.717) is 24.6 Å². The fraction of sp³-hybridized carbons (Fsp3) is 0.350. The molecule has 0 radical (unpaired) electrons. The zero-order valence-electron chi connectivity index (χ0n) is 16.2. The predicted molar refractivity (Wildman–Crippen MR) is 111 cm³/mol. The minimum Gasteiger partial charge on any atom is -0.342 e. The van der Waals surface area contributed by atoms with Crippen LogP contribution in [0.5, 0.6) is 0 Å². The monoisotopic (exact) mass is 417 g/mol. The van der Waals surface area contributed by atoms with Crippen LogP contribution in [0.2, 0.25) is 5.02 Å². The maximum absolute atomic E-state index is 14.6. The second-order valence-corrected chi connectivity index (χ2v) is 7.53. The smallest absolute Gasteiger partial charge is 0.332 e. The van der Waals surface area contributed by atoms with Crippen LogP contribution in [0.4, 0.5) is 10.3 Å². The Morgan fingerprint density at radius 2 is 1.79 bits per heavy atom. The third-order valence-electron chi connectivity index (χ3n) is 5.27. The Balaban J connectivity index is 1.98. The first kappa shape index (κ1) is 19.4. The lowest BCUT2D eigenvalue weighted by Crippen LogP contribution is -2.37. The fourth-order valence-electron chi connectivity index (χ4n) is 3.68. The molecule has 1 aromatic carbocycles. The Morgan fingerprint density at radius 1 is 1.10 bits per heavy atom. The van der Waals surface area contributed by atoms with E-state index < -0.39 is 17.1 Å². The molecule has 9 heteroatoms. The Kier molecular flexibility index (Phi) is 5.04. The first-order chi connectivity index (χ1) is 13.9. The van der Waals surface area contributed by atoms with Crippen molar-refractivity contribution < 1.29 is 4.39 Å². The van der Waals surface area contributed by atoms with Crippen molar-refractivity contribution in [3.05, 3.63) is 67.6 Å². The molecule has 0 saturated heterocycles. The average Bonchev–Trinajstić information content (AvgIpc) is 2.89. The number of aryl methyl sites for hydroxylation is 1. The average molecular weight is 418 g/mol. The van der Waals surface area contributed by atoms with Crippen LogP contribution >= 0.6 is 11.6 Å².